The van der Waals surface area contributed by atoms with Gasteiger partial charge in [-0.25, -0.2) is 0 Å². The van der Waals surface area contributed by atoms with E-state index in [1.54, 1.807) is 23.5 Å². The lowest BCUT2D eigenvalue weighted by atomic mass is 10.1. The first-order valence-electron chi connectivity index (χ1n) is 8.06. The fourth-order valence-corrected chi connectivity index (χ4v) is 4.18. The number of hydrogen-bond acceptors (Lipinski definition) is 3. The summed E-state index contributed by atoms with van der Waals surface area (Å²) >= 11 is 6.81. The van der Waals surface area contributed by atoms with Gasteiger partial charge in [0, 0.05) is 18.0 Å². The lowest BCUT2D eigenvalue weighted by molar-refractivity contribution is 0.0977. The summed E-state index contributed by atoms with van der Waals surface area (Å²) < 4.78 is 3.14. The molecule has 1 aromatic heterocycles. The van der Waals surface area contributed by atoms with Crippen LogP contribution in [0.15, 0.2) is 71.7 Å². The van der Waals surface area contributed by atoms with Crippen LogP contribution in [-0.4, -0.2) is 15.6 Å². The van der Waals surface area contributed by atoms with Gasteiger partial charge >= 0.3 is 0 Å². The molecule has 0 spiro atoms. The van der Waals surface area contributed by atoms with Crippen LogP contribution < -0.4 is 10.1 Å². The molecule has 4 nitrogen and oxygen atoms in total. The highest BCUT2D eigenvalue weighted by atomic mass is 32.1. The van der Waals surface area contributed by atoms with Crippen LogP contribution in [0.2, 0.25) is 0 Å². The molecule has 0 saturated carbocycles. The number of aromatic nitrogens is 1. The second-order valence-corrected chi connectivity index (χ2v) is 7.21. The Morgan fingerprint density at radius 2 is 1.77 bits per heavy atom. The summed E-state index contributed by atoms with van der Waals surface area (Å²) in [4.78, 5) is 17.4. The molecule has 1 heterocycles. The van der Waals surface area contributed by atoms with E-state index in [-0.39, 0.29) is 11.0 Å². The number of aryl methyl sites for hydroxylation is 1. The Labute approximate surface area is 159 Å². The van der Waals surface area contributed by atoms with E-state index in [1.807, 2.05) is 41.9 Å². The second kappa shape index (κ2) is 6.82. The van der Waals surface area contributed by atoms with Crippen LogP contribution in [0, 0.1) is 0 Å². The largest absolute Gasteiger partial charge is 0.319 e. The highest BCUT2D eigenvalue weighted by Gasteiger charge is 2.09. The molecule has 0 aliphatic rings. The fraction of sp³-hybridized carbons (Fsp3) is 0.0500. The molecule has 6 heteroatoms. The lowest BCUT2D eigenvalue weighted by Gasteiger charge is -2.03. The molecule has 0 aliphatic heterocycles. The molecule has 0 saturated heterocycles. The Morgan fingerprint density at radius 1 is 1.04 bits per heavy atom. The Bertz CT molecular complexity index is 1210. The highest BCUT2D eigenvalue weighted by molar-refractivity contribution is 7.80. The molecule has 1 amide bonds. The summed E-state index contributed by atoms with van der Waals surface area (Å²) in [5, 5.41) is 5.18. The van der Waals surface area contributed by atoms with Crippen LogP contribution in [-0.2, 0) is 7.05 Å². The molecule has 4 rings (SSSR count). The maximum atomic E-state index is 12.2. The van der Waals surface area contributed by atoms with Crippen molar-refractivity contribution in [1.29, 1.82) is 0 Å². The third kappa shape index (κ3) is 3.05. The Kier molecular flexibility index (Phi) is 4.36. The number of nitrogens with one attached hydrogen (secondary N) is 1. The molecular formula is C20H15N3OS2. The molecule has 128 valence electrons. The van der Waals surface area contributed by atoms with Gasteiger partial charge < -0.3 is 4.57 Å². The molecule has 0 radical (unpaired) electrons. The molecule has 0 aliphatic carbocycles. The second-order valence-electron chi connectivity index (χ2n) is 5.81. The SMILES string of the molecule is Cn1c(=NC(=S)NC(=O)c2ccccc2)sc2ccc3ccccc3c21. The van der Waals surface area contributed by atoms with E-state index in [4.69, 9.17) is 12.2 Å². The topological polar surface area (TPSA) is 46.4 Å². The monoisotopic (exact) mass is 377 g/mol. The van der Waals surface area contributed by atoms with Crippen molar-refractivity contribution in [1.82, 2.24) is 9.88 Å². The van der Waals surface area contributed by atoms with E-state index in [1.165, 1.54) is 10.8 Å². The van der Waals surface area contributed by atoms with E-state index in [9.17, 15) is 4.79 Å². The normalized spacial score (nSPS) is 11.8. The number of hydrogen-bond donors (Lipinski definition) is 1. The Hall–Kier alpha value is -2.83. The van der Waals surface area contributed by atoms with Crippen LogP contribution in [0.4, 0.5) is 0 Å². The first-order chi connectivity index (χ1) is 12.6. The molecule has 26 heavy (non-hydrogen) atoms. The summed E-state index contributed by atoms with van der Waals surface area (Å²) in [6.45, 7) is 0. The quantitative estimate of drug-likeness (QED) is 0.510. The van der Waals surface area contributed by atoms with Gasteiger partial charge in [0.25, 0.3) is 5.91 Å². The molecule has 0 atom stereocenters. The number of benzene rings is 3. The number of carbonyl (C=O) groups excluding carboxylic acids is 1. The number of amides is 1. The van der Waals surface area contributed by atoms with Gasteiger partial charge in [0.1, 0.15) is 0 Å². The van der Waals surface area contributed by atoms with E-state index in [0.29, 0.717) is 5.56 Å². The fourth-order valence-electron chi connectivity index (χ4n) is 2.90. The summed E-state index contributed by atoms with van der Waals surface area (Å²) in [6.07, 6.45) is 0. The minimum Gasteiger partial charge on any atom is -0.319 e. The van der Waals surface area contributed by atoms with Crippen molar-refractivity contribution in [2.45, 2.75) is 0 Å². The summed E-state index contributed by atoms with van der Waals surface area (Å²) in [6, 6.07) is 21.4. The van der Waals surface area contributed by atoms with Gasteiger partial charge in [-0.2, -0.15) is 4.99 Å². The standard InChI is InChI=1S/C20H15N3OS2/c1-23-17-15-10-6-5-7-13(15)11-12-16(17)26-20(23)22-19(25)21-18(24)14-8-3-2-4-9-14/h2-12H,1H3,(H,21,24,25). The van der Waals surface area contributed by atoms with E-state index >= 15 is 0 Å². The molecule has 1 N–H and O–H groups in total. The van der Waals surface area contributed by atoms with Gasteiger partial charge in [-0.05, 0) is 35.8 Å². The molecule has 3 aromatic carbocycles. The number of thiazole rings is 1. The third-order valence-electron chi connectivity index (χ3n) is 4.14. The van der Waals surface area contributed by atoms with Crippen LogP contribution in [0.3, 0.4) is 0 Å². The van der Waals surface area contributed by atoms with E-state index < -0.39 is 0 Å². The van der Waals surface area contributed by atoms with Crippen molar-refractivity contribution in [3.8, 4) is 0 Å². The highest BCUT2D eigenvalue weighted by Crippen LogP contribution is 2.26. The first-order valence-corrected chi connectivity index (χ1v) is 9.28. The van der Waals surface area contributed by atoms with Gasteiger partial charge in [0.15, 0.2) is 4.80 Å². The zero-order valence-electron chi connectivity index (χ0n) is 14.0. The van der Waals surface area contributed by atoms with Crippen molar-refractivity contribution in [3.05, 3.63) is 77.1 Å². The van der Waals surface area contributed by atoms with E-state index in [0.717, 1.165) is 15.0 Å². The van der Waals surface area contributed by atoms with Gasteiger partial charge in [0.2, 0.25) is 5.11 Å². The van der Waals surface area contributed by atoms with E-state index in [2.05, 4.69) is 34.6 Å². The van der Waals surface area contributed by atoms with Crippen LogP contribution in [0.5, 0.6) is 0 Å². The van der Waals surface area contributed by atoms with Crippen molar-refractivity contribution < 1.29 is 4.79 Å². The number of thiocarbonyl (C=S) groups is 1. The molecule has 0 unspecified atom stereocenters. The third-order valence-corrected chi connectivity index (χ3v) is 5.43. The molecule has 4 aromatic rings. The zero-order chi connectivity index (χ0) is 18.1. The summed E-state index contributed by atoms with van der Waals surface area (Å²) in [7, 11) is 1.96. The van der Waals surface area contributed by atoms with Crippen molar-refractivity contribution in [3.63, 3.8) is 0 Å². The van der Waals surface area contributed by atoms with Gasteiger partial charge in [-0.15, -0.1) is 0 Å². The van der Waals surface area contributed by atoms with Crippen molar-refractivity contribution >= 4 is 55.6 Å². The minimum absolute atomic E-state index is 0.158. The maximum Gasteiger partial charge on any atom is 0.257 e. The van der Waals surface area contributed by atoms with Crippen LogP contribution >= 0.6 is 23.6 Å². The summed E-state index contributed by atoms with van der Waals surface area (Å²) in [5.41, 5.74) is 1.67. The average molecular weight is 377 g/mol. The molecule has 0 bridgehead atoms. The summed E-state index contributed by atoms with van der Waals surface area (Å²) in [5.74, 6) is -0.256. The molecular weight excluding hydrogens is 362 g/mol. The van der Waals surface area contributed by atoms with Gasteiger partial charge in [-0.3, -0.25) is 10.1 Å². The van der Waals surface area contributed by atoms with Crippen LogP contribution in [0.1, 0.15) is 10.4 Å². The number of carbonyl (C=O) groups is 1. The predicted molar refractivity (Wildman–Crippen MR) is 110 cm³/mol. The predicted octanol–water partition coefficient (Wildman–Crippen LogP) is 4.01. The zero-order valence-corrected chi connectivity index (χ0v) is 15.6. The van der Waals surface area contributed by atoms with Gasteiger partial charge in [-0.1, -0.05) is 59.9 Å². The number of nitrogens with zero attached hydrogens (tertiary/aromatic N) is 2. The van der Waals surface area contributed by atoms with Crippen molar-refractivity contribution in [2.75, 3.05) is 0 Å². The number of fused-ring (bicyclic) bond motifs is 3. The van der Waals surface area contributed by atoms with Gasteiger partial charge in [0.05, 0.1) is 10.2 Å². The average Bonchev–Trinajstić information content (AvgIpc) is 2.98. The minimum atomic E-state index is -0.256. The first kappa shape index (κ1) is 16.6. The Morgan fingerprint density at radius 3 is 2.58 bits per heavy atom. The maximum absolute atomic E-state index is 12.2. The Balaban J connectivity index is 1.72. The smallest absolute Gasteiger partial charge is 0.257 e. The van der Waals surface area contributed by atoms with Crippen molar-refractivity contribution in [2.24, 2.45) is 12.0 Å². The lowest BCUT2D eigenvalue weighted by Crippen LogP contribution is -2.29. The van der Waals surface area contributed by atoms with Crippen LogP contribution in [0.25, 0.3) is 21.0 Å². The number of rotatable bonds is 1. The molecule has 0 fully saturated rings.